The molecule has 0 saturated heterocycles. The Hall–Kier alpha value is -3.86. The van der Waals surface area contributed by atoms with Crippen LogP contribution in [0.25, 0.3) is 5.57 Å². The summed E-state index contributed by atoms with van der Waals surface area (Å²) in [5.74, 6) is -0.00356. The molecule has 5 heteroatoms. The Labute approximate surface area is 194 Å². The van der Waals surface area contributed by atoms with Crippen LogP contribution < -0.4 is 15.0 Å². The molecule has 0 aliphatic carbocycles. The smallest absolute Gasteiger partial charge is 0.282 e. The zero-order chi connectivity index (χ0) is 23.7. The van der Waals surface area contributed by atoms with Crippen LogP contribution in [0.2, 0.25) is 0 Å². The van der Waals surface area contributed by atoms with E-state index in [1.54, 1.807) is 0 Å². The van der Waals surface area contributed by atoms with E-state index in [0.29, 0.717) is 22.6 Å². The molecule has 0 unspecified atom stereocenters. The van der Waals surface area contributed by atoms with Crippen LogP contribution in [0.4, 0.5) is 11.4 Å². The van der Waals surface area contributed by atoms with E-state index in [2.05, 4.69) is 5.32 Å². The van der Waals surface area contributed by atoms with Gasteiger partial charge in [0.05, 0.1) is 17.4 Å². The molecule has 2 amide bonds. The molecule has 0 atom stereocenters. The topological polar surface area (TPSA) is 58.6 Å². The van der Waals surface area contributed by atoms with Crippen molar-refractivity contribution in [2.75, 3.05) is 10.2 Å². The van der Waals surface area contributed by atoms with E-state index in [1.807, 2.05) is 101 Å². The number of benzene rings is 3. The zero-order valence-corrected chi connectivity index (χ0v) is 19.6. The highest BCUT2D eigenvalue weighted by atomic mass is 16.5. The first kappa shape index (κ1) is 22.3. The van der Waals surface area contributed by atoms with Crippen molar-refractivity contribution in [2.45, 2.75) is 40.7 Å². The van der Waals surface area contributed by atoms with Gasteiger partial charge in [-0.1, -0.05) is 42.0 Å². The number of ether oxygens (including phenoxy) is 1. The molecule has 1 aliphatic heterocycles. The summed E-state index contributed by atoms with van der Waals surface area (Å²) in [6.45, 7) is 9.80. The van der Waals surface area contributed by atoms with Crippen molar-refractivity contribution in [2.24, 2.45) is 0 Å². The monoisotopic (exact) mass is 440 g/mol. The van der Waals surface area contributed by atoms with Gasteiger partial charge in [0, 0.05) is 5.69 Å². The molecule has 33 heavy (non-hydrogen) atoms. The predicted molar refractivity (Wildman–Crippen MR) is 132 cm³/mol. The highest BCUT2D eigenvalue weighted by molar-refractivity contribution is 6.46. The molecule has 0 aromatic heterocycles. The van der Waals surface area contributed by atoms with E-state index in [0.717, 1.165) is 22.4 Å². The highest BCUT2D eigenvalue weighted by Crippen LogP contribution is 2.36. The minimum absolute atomic E-state index is 0.0447. The number of rotatable bonds is 6. The molecule has 168 valence electrons. The van der Waals surface area contributed by atoms with E-state index in [9.17, 15) is 9.59 Å². The van der Waals surface area contributed by atoms with Gasteiger partial charge >= 0.3 is 0 Å². The molecular formula is C28H28N2O3. The Morgan fingerprint density at radius 1 is 0.818 bits per heavy atom. The van der Waals surface area contributed by atoms with Crippen molar-refractivity contribution < 1.29 is 14.3 Å². The average Bonchev–Trinajstić information content (AvgIpc) is 2.98. The van der Waals surface area contributed by atoms with Crippen molar-refractivity contribution in [3.05, 3.63) is 94.7 Å². The Kier molecular flexibility index (Phi) is 6.05. The molecule has 0 saturated carbocycles. The molecule has 3 aromatic rings. The van der Waals surface area contributed by atoms with Gasteiger partial charge in [0.1, 0.15) is 11.4 Å². The maximum absolute atomic E-state index is 13.7. The molecule has 1 heterocycles. The van der Waals surface area contributed by atoms with Crippen molar-refractivity contribution in [1.82, 2.24) is 0 Å². The van der Waals surface area contributed by atoms with Gasteiger partial charge in [-0.25, -0.2) is 4.90 Å². The number of carbonyl (C=O) groups is 2. The van der Waals surface area contributed by atoms with Crippen LogP contribution in [0, 0.1) is 20.8 Å². The Bertz CT molecular complexity index is 1260. The fraction of sp³-hybridized carbons (Fsp3) is 0.214. The summed E-state index contributed by atoms with van der Waals surface area (Å²) in [6.07, 6.45) is 0.0447. The number of nitrogens with one attached hydrogen (secondary N) is 1. The summed E-state index contributed by atoms with van der Waals surface area (Å²) in [5.41, 5.74) is 5.61. The first-order valence-corrected chi connectivity index (χ1v) is 11.1. The van der Waals surface area contributed by atoms with Crippen molar-refractivity contribution >= 4 is 28.8 Å². The zero-order valence-electron chi connectivity index (χ0n) is 19.6. The fourth-order valence-corrected chi connectivity index (χ4v) is 4.03. The third-order valence-electron chi connectivity index (χ3n) is 5.48. The van der Waals surface area contributed by atoms with Gasteiger partial charge in [-0.05, 0) is 81.6 Å². The molecule has 0 fully saturated rings. The van der Waals surface area contributed by atoms with Gasteiger partial charge in [-0.2, -0.15) is 0 Å². The molecule has 5 nitrogen and oxygen atoms in total. The number of imide groups is 1. The lowest BCUT2D eigenvalue weighted by molar-refractivity contribution is -0.120. The Balaban J connectivity index is 1.80. The lowest BCUT2D eigenvalue weighted by Gasteiger charge is -2.18. The summed E-state index contributed by atoms with van der Waals surface area (Å²) in [4.78, 5) is 28.5. The Morgan fingerprint density at radius 2 is 1.52 bits per heavy atom. The van der Waals surface area contributed by atoms with Gasteiger partial charge in [0.15, 0.2) is 0 Å². The third-order valence-corrected chi connectivity index (χ3v) is 5.48. The minimum atomic E-state index is -0.369. The largest absolute Gasteiger partial charge is 0.491 e. The lowest BCUT2D eigenvalue weighted by Crippen LogP contribution is -2.33. The summed E-state index contributed by atoms with van der Waals surface area (Å²) < 4.78 is 5.74. The second-order valence-corrected chi connectivity index (χ2v) is 8.67. The maximum atomic E-state index is 13.7. The maximum Gasteiger partial charge on any atom is 0.282 e. The number of hydrogen-bond acceptors (Lipinski definition) is 4. The third kappa shape index (κ3) is 4.53. The molecule has 4 rings (SSSR count). The van der Waals surface area contributed by atoms with E-state index >= 15 is 0 Å². The van der Waals surface area contributed by atoms with Gasteiger partial charge in [0.2, 0.25) is 0 Å². The fourth-order valence-electron chi connectivity index (χ4n) is 4.03. The van der Waals surface area contributed by atoms with Crippen molar-refractivity contribution in [3.63, 3.8) is 0 Å². The normalized spacial score (nSPS) is 13.8. The van der Waals surface area contributed by atoms with E-state index in [-0.39, 0.29) is 23.6 Å². The van der Waals surface area contributed by atoms with Gasteiger partial charge in [-0.15, -0.1) is 0 Å². The van der Waals surface area contributed by atoms with E-state index in [4.69, 9.17) is 4.74 Å². The molecule has 0 bridgehead atoms. The average molecular weight is 441 g/mol. The molecule has 0 radical (unpaired) electrons. The van der Waals surface area contributed by atoms with E-state index in [1.165, 1.54) is 4.90 Å². The molecule has 3 aromatic carbocycles. The molecule has 0 spiro atoms. The first-order valence-electron chi connectivity index (χ1n) is 11.1. The van der Waals surface area contributed by atoms with Crippen LogP contribution in [0.5, 0.6) is 5.75 Å². The van der Waals surface area contributed by atoms with Crippen molar-refractivity contribution in [1.29, 1.82) is 0 Å². The number of aryl methyl sites for hydroxylation is 3. The van der Waals surface area contributed by atoms with Crippen LogP contribution >= 0.6 is 0 Å². The van der Waals surface area contributed by atoms with Gasteiger partial charge < -0.3 is 10.1 Å². The van der Waals surface area contributed by atoms with Gasteiger partial charge in [-0.3, -0.25) is 9.59 Å². The van der Waals surface area contributed by atoms with E-state index < -0.39 is 0 Å². The van der Waals surface area contributed by atoms with Gasteiger partial charge in [0.25, 0.3) is 11.8 Å². The van der Waals surface area contributed by atoms with Crippen LogP contribution in [0.3, 0.4) is 0 Å². The molecular weight excluding hydrogens is 412 g/mol. The molecule has 1 N–H and O–H groups in total. The molecule has 1 aliphatic rings. The van der Waals surface area contributed by atoms with Crippen LogP contribution in [-0.2, 0) is 9.59 Å². The SMILES string of the molecule is Cc1cccc(NC2=C(c3ccc(OC(C)C)cc3)C(=O)N(c3ccc(C)cc3C)C2=O)c1. The van der Waals surface area contributed by atoms with Crippen LogP contribution in [0.15, 0.2) is 72.4 Å². The number of hydrogen-bond donors (Lipinski definition) is 1. The van der Waals surface area contributed by atoms with Crippen molar-refractivity contribution in [3.8, 4) is 5.75 Å². The number of carbonyl (C=O) groups excluding carboxylic acids is 2. The number of nitrogens with zero attached hydrogens (tertiary/aromatic N) is 1. The van der Waals surface area contributed by atoms with Crippen LogP contribution in [0.1, 0.15) is 36.1 Å². The predicted octanol–water partition coefficient (Wildman–Crippen LogP) is 5.80. The Morgan fingerprint density at radius 3 is 2.15 bits per heavy atom. The quantitative estimate of drug-likeness (QED) is 0.493. The summed E-state index contributed by atoms with van der Waals surface area (Å²) >= 11 is 0. The summed E-state index contributed by atoms with van der Waals surface area (Å²) in [7, 11) is 0. The summed E-state index contributed by atoms with van der Waals surface area (Å²) in [5, 5.41) is 3.22. The number of amides is 2. The lowest BCUT2D eigenvalue weighted by atomic mass is 10.0. The highest BCUT2D eigenvalue weighted by Gasteiger charge is 2.40. The standard InChI is InChI=1S/C28H28N2O3/c1-17(2)33-23-12-10-21(11-13-23)25-26(29-22-8-6-7-18(3)16-22)28(32)30(27(25)31)24-14-9-19(4)15-20(24)5/h6-17,29H,1-5H3. The first-order chi connectivity index (χ1) is 15.7. The minimum Gasteiger partial charge on any atom is -0.491 e. The summed E-state index contributed by atoms with van der Waals surface area (Å²) in [6, 6.07) is 20.7. The second kappa shape index (κ2) is 8.94. The van der Waals surface area contributed by atoms with Crippen LogP contribution in [-0.4, -0.2) is 17.9 Å². The second-order valence-electron chi connectivity index (χ2n) is 8.67. The number of anilines is 2.